The van der Waals surface area contributed by atoms with E-state index in [0.29, 0.717) is 19.4 Å². The van der Waals surface area contributed by atoms with E-state index >= 15 is 0 Å². The van der Waals surface area contributed by atoms with Crippen molar-refractivity contribution in [3.8, 4) is 0 Å². The minimum atomic E-state index is -0.556. The van der Waals surface area contributed by atoms with E-state index in [1.165, 1.54) is 167 Å². The van der Waals surface area contributed by atoms with Crippen molar-refractivity contribution in [2.45, 2.75) is 297 Å². The number of rotatable bonds is 54. The van der Waals surface area contributed by atoms with Crippen LogP contribution in [-0.2, 0) is 23.8 Å². The van der Waals surface area contributed by atoms with E-state index < -0.39 is 6.10 Å². The third-order valence-corrected chi connectivity index (χ3v) is 12.7. The van der Waals surface area contributed by atoms with Gasteiger partial charge in [0.2, 0.25) is 0 Å². The molecule has 0 aliphatic heterocycles. The number of hydrogen-bond donors (Lipinski definition) is 0. The zero-order chi connectivity index (χ0) is 49.2. The summed E-state index contributed by atoms with van der Waals surface area (Å²) in [5, 5.41) is 0. The van der Waals surface area contributed by atoms with Gasteiger partial charge in [-0.3, -0.25) is 9.59 Å². The molecule has 0 spiro atoms. The highest BCUT2D eigenvalue weighted by Gasteiger charge is 2.17. The minimum absolute atomic E-state index is 0.0704. The van der Waals surface area contributed by atoms with Crippen LogP contribution >= 0.6 is 0 Å². The number of unbranched alkanes of at least 4 members (excludes halogenated alkanes) is 31. The number of allylic oxidation sites excluding steroid dienone is 12. The molecule has 0 saturated heterocycles. The van der Waals surface area contributed by atoms with Crippen molar-refractivity contribution in [1.82, 2.24) is 0 Å². The Balaban J connectivity index is 4.33. The summed E-state index contributed by atoms with van der Waals surface area (Å²) in [4.78, 5) is 25.5. The Labute approximate surface area is 423 Å². The molecular formula is C63H112O5. The Bertz CT molecular complexity index is 1210. The number of ether oxygens (including phenoxy) is 3. The lowest BCUT2D eigenvalue weighted by atomic mass is 10.0. The molecule has 0 N–H and O–H groups in total. The van der Waals surface area contributed by atoms with Crippen LogP contribution in [0.2, 0.25) is 0 Å². The molecule has 1 atom stereocenters. The first-order chi connectivity index (χ1) is 33.6. The standard InChI is InChI=1S/C63H112O5/c1-4-7-10-13-16-19-22-25-28-31-32-34-36-39-42-45-48-51-54-57-63(65)68-61(59-66-58-55-52-49-46-43-40-37-30-27-24-21-18-15-12-9-6-3)60-67-62(64)56-53-50-47-44-41-38-35-33-29-26-23-20-17-14-11-8-5-2/h7,10,16,19,25-26,28-29,32,34,39,42,61H,4-6,8-9,11-15,17-18,20-24,27,30-31,33,35-38,40-41,43-60H2,1-3H3/b10-7-,19-16-,28-25-,29-26-,34-32-,42-39-/t61-/m1/s1. The fraction of sp³-hybridized carbons (Fsp3) is 0.778. The van der Waals surface area contributed by atoms with Gasteiger partial charge in [0.05, 0.1) is 6.61 Å². The van der Waals surface area contributed by atoms with Crippen molar-refractivity contribution in [1.29, 1.82) is 0 Å². The van der Waals surface area contributed by atoms with Crippen molar-refractivity contribution in [2.24, 2.45) is 0 Å². The highest BCUT2D eigenvalue weighted by atomic mass is 16.6. The quantitative estimate of drug-likeness (QED) is 0.0345. The Morgan fingerprint density at radius 3 is 1.09 bits per heavy atom. The Hall–Kier alpha value is -2.66. The molecule has 0 rings (SSSR count). The fourth-order valence-corrected chi connectivity index (χ4v) is 8.36. The van der Waals surface area contributed by atoms with Gasteiger partial charge in [-0.05, 0) is 89.9 Å². The highest BCUT2D eigenvalue weighted by Crippen LogP contribution is 2.16. The summed E-state index contributed by atoms with van der Waals surface area (Å²) >= 11 is 0. The molecule has 0 aromatic carbocycles. The van der Waals surface area contributed by atoms with Gasteiger partial charge in [-0.1, -0.05) is 261 Å². The molecule has 0 saturated carbocycles. The maximum atomic E-state index is 12.9. The van der Waals surface area contributed by atoms with Gasteiger partial charge in [-0.15, -0.1) is 0 Å². The van der Waals surface area contributed by atoms with E-state index in [1.807, 2.05) is 0 Å². The summed E-state index contributed by atoms with van der Waals surface area (Å²) in [5.41, 5.74) is 0. The summed E-state index contributed by atoms with van der Waals surface area (Å²) in [6.07, 6.45) is 76.4. The average molecular weight is 950 g/mol. The van der Waals surface area contributed by atoms with Crippen LogP contribution in [0.4, 0.5) is 0 Å². The molecule has 0 amide bonds. The van der Waals surface area contributed by atoms with Crippen LogP contribution in [0.25, 0.3) is 0 Å². The molecule has 0 bridgehead atoms. The fourth-order valence-electron chi connectivity index (χ4n) is 8.36. The van der Waals surface area contributed by atoms with Crippen LogP contribution in [0, 0.1) is 0 Å². The molecule has 0 unspecified atom stereocenters. The summed E-state index contributed by atoms with van der Waals surface area (Å²) in [5.74, 6) is -0.428. The van der Waals surface area contributed by atoms with Crippen LogP contribution in [0.5, 0.6) is 0 Å². The Kier molecular flexibility index (Phi) is 56.4. The van der Waals surface area contributed by atoms with Crippen molar-refractivity contribution in [3.05, 3.63) is 72.9 Å². The van der Waals surface area contributed by atoms with E-state index in [4.69, 9.17) is 14.2 Å². The SMILES string of the molecule is CC/C=C\C/C=C\C/C=C\C/C=C\C/C=C\CCCCCC(=O)O[C@H](COCCCCCCCCCCCCCCCCCC)COC(=O)CCCCCCCCC/C=C\CCCCCCCC. The van der Waals surface area contributed by atoms with Gasteiger partial charge in [0, 0.05) is 19.4 Å². The molecule has 5 nitrogen and oxygen atoms in total. The first-order valence-electron chi connectivity index (χ1n) is 29.5. The van der Waals surface area contributed by atoms with E-state index in [9.17, 15) is 9.59 Å². The van der Waals surface area contributed by atoms with Gasteiger partial charge < -0.3 is 14.2 Å². The molecule has 5 heteroatoms. The minimum Gasteiger partial charge on any atom is -0.462 e. The lowest BCUT2D eigenvalue weighted by Crippen LogP contribution is -2.30. The first-order valence-corrected chi connectivity index (χ1v) is 29.5. The number of carbonyl (C=O) groups excluding carboxylic acids is 2. The molecule has 0 aliphatic rings. The summed E-state index contributed by atoms with van der Waals surface area (Å²) in [6, 6.07) is 0. The van der Waals surface area contributed by atoms with E-state index in [-0.39, 0.29) is 25.2 Å². The normalized spacial score (nSPS) is 12.7. The van der Waals surface area contributed by atoms with Crippen LogP contribution in [0.15, 0.2) is 72.9 Å². The zero-order valence-electron chi connectivity index (χ0n) is 45.4. The lowest BCUT2D eigenvalue weighted by molar-refractivity contribution is -0.163. The molecule has 0 fully saturated rings. The van der Waals surface area contributed by atoms with Crippen molar-refractivity contribution in [3.63, 3.8) is 0 Å². The van der Waals surface area contributed by atoms with Crippen LogP contribution < -0.4 is 0 Å². The van der Waals surface area contributed by atoms with Gasteiger partial charge in [0.15, 0.2) is 6.10 Å². The monoisotopic (exact) mass is 949 g/mol. The van der Waals surface area contributed by atoms with Crippen molar-refractivity contribution < 1.29 is 23.8 Å². The summed E-state index contributed by atoms with van der Waals surface area (Å²) < 4.78 is 17.5. The third-order valence-electron chi connectivity index (χ3n) is 12.7. The van der Waals surface area contributed by atoms with Gasteiger partial charge in [0.25, 0.3) is 0 Å². The number of hydrogen-bond acceptors (Lipinski definition) is 5. The van der Waals surface area contributed by atoms with Gasteiger partial charge in [-0.2, -0.15) is 0 Å². The number of carbonyl (C=O) groups is 2. The van der Waals surface area contributed by atoms with Gasteiger partial charge >= 0.3 is 11.9 Å². The molecular weight excluding hydrogens is 837 g/mol. The predicted molar refractivity (Wildman–Crippen MR) is 297 cm³/mol. The topological polar surface area (TPSA) is 61.8 Å². The highest BCUT2D eigenvalue weighted by molar-refractivity contribution is 5.70. The third kappa shape index (κ3) is 55.9. The smallest absolute Gasteiger partial charge is 0.306 e. The van der Waals surface area contributed by atoms with Crippen molar-refractivity contribution >= 4 is 11.9 Å². The van der Waals surface area contributed by atoms with Crippen molar-refractivity contribution in [2.75, 3.05) is 19.8 Å². The van der Waals surface area contributed by atoms with Gasteiger partial charge in [0.1, 0.15) is 6.61 Å². The summed E-state index contributed by atoms with van der Waals surface area (Å²) in [6.45, 7) is 7.71. The van der Waals surface area contributed by atoms with E-state index in [2.05, 4.69) is 93.7 Å². The number of esters is 2. The van der Waals surface area contributed by atoms with E-state index in [1.54, 1.807) is 0 Å². The van der Waals surface area contributed by atoms with Crippen LogP contribution in [0.1, 0.15) is 290 Å². The Morgan fingerprint density at radius 1 is 0.338 bits per heavy atom. The molecule has 68 heavy (non-hydrogen) atoms. The maximum absolute atomic E-state index is 12.9. The van der Waals surface area contributed by atoms with Gasteiger partial charge in [-0.25, -0.2) is 0 Å². The molecule has 0 aliphatic carbocycles. The molecule has 0 aromatic heterocycles. The zero-order valence-corrected chi connectivity index (χ0v) is 45.4. The average Bonchev–Trinajstić information content (AvgIpc) is 3.34. The van der Waals surface area contributed by atoms with Crippen LogP contribution in [0.3, 0.4) is 0 Å². The largest absolute Gasteiger partial charge is 0.462 e. The molecule has 0 aromatic rings. The lowest BCUT2D eigenvalue weighted by Gasteiger charge is -2.18. The second-order valence-electron chi connectivity index (χ2n) is 19.5. The second-order valence-corrected chi connectivity index (χ2v) is 19.5. The van der Waals surface area contributed by atoms with Crippen LogP contribution in [-0.4, -0.2) is 37.9 Å². The summed E-state index contributed by atoms with van der Waals surface area (Å²) in [7, 11) is 0. The second kappa shape index (κ2) is 58.7. The first kappa shape index (κ1) is 65.3. The maximum Gasteiger partial charge on any atom is 0.306 e. The van der Waals surface area contributed by atoms with E-state index in [0.717, 1.165) is 89.9 Å². The molecule has 394 valence electrons. The molecule has 0 heterocycles. The molecule has 0 radical (unpaired) electrons. The predicted octanol–water partition coefficient (Wildman–Crippen LogP) is 20.2. The Morgan fingerprint density at radius 2 is 0.662 bits per heavy atom.